The van der Waals surface area contributed by atoms with Gasteiger partial charge in [0.25, 0.3) is 5.91 Å². The van der Waals surface area contributed by atoms with Crippen molar-refractivity contribution in [1.29, 1.82) is 5.41 Å². The lowest BCUT2D eigenvalue weighted by atomic mass is 10.0. The number of amidine groups is 1. The zero-order valence-corrected chi connectivity index (χ0v) is 22.5. The zero-order valence-electron chi connectivity index (χ0n) is 22.5. The van der Waals surface area contributed by atoms with Crippen molar-refractivity contribution in [1.82, 2.24) is 10.4 Å². The van der Waals surface area contributed by atoms with Crippen LogP contribution < -0.4 is 31.4 Å². The first-order chi connectivity index (χ1) is 19.3. The molecule has 0 aliphatic carbocycles. The van der Waals surface area contributed by atoms with Crippen LogP contribution in [0.4, 0.5) is 24.5 Å². The molecule has 1 amide bonds. The summed E-state index contributed by atoms with van der Waals surface area (Å²) in [7, 11) is 0. The fourth-order valence-corrected chi connectivity index (χ4v) is 3.18. The van der Waals surface area contributed by atoms with Gasteiger partial charge in [0.2, 0.25) is 0 Å². The molecule has 0 bridgehead atoms. The van der Waals surface area contributed by atoms with E-state index < -0.39 is 18.2 Å². The number of hydrazine groups is 1. The van der Waals surface area contributed by atoms with Crippen molar-refractivity contribution in [2.75, 3.05) is 17.3 Å². The average Bonchev–Trinajstić information content (AvgIpc) is 2.92. The quantitative estimate of drug-likeness (QED) is 0.109. The second-order valence-electron chi connectivity index (χ2n) is 8.53. The number of aliphatic carboxylic acids is 1. The van der Waals surface area contributed by atoms with Crippen molar-refractivity contribution in [3.63, 3.8) is 0 Å². The molecular formula is C27H31F3N6O5. The van der Waals surface area contributed by atoms with E-state index in [1.807, 2.05) is 26.8 Å². The van der Waals surface area contributed by atoms with Crippen molar-refractivity contribution in [2.45, 2.75) is 39.1 Å². The fourth-order valence-electron chi connectivity index (χ4n) is 3.18. The van der Waals surface area contributed by atoms with Crippen molar-refractivity contribution in [2.24, 2.45) is 5.73 Å². The van der Waals surface area contributed by atoms with E-state index in [4.69, 9.17) is 30.5 Å². The summed E-state index contributed by atoms with van der Waals surface area (Å²) in [4.78, 5) is 26.1. The SMILES string of the molecule is CCOc1cc(C(Nc2ccc(C(=N)N)cc2)C(=O)NNc2ccncc2)ccc1OC(C)C.O=C(O)C(F)(F)F. The molecule has 3 aromatic rings. The highest BCUT2D eigenvalue weighted by Gasteiger charge is 2.38. The number of hydrogen-bond acceptors (Lipinski definition) is 8. The van der Waals surface area contributed by atoms with Gasteiger partial charge in [-0.05, 0) is 74.9 Å². The summed E-state index contributed by atoms with van der Waals surface area (Å²) in [6, 6.07) is 15.1. The van der Waals surface area contributed by atoms with Crippen LogP contribution in [0.3, 0.4) is 0 Å². The van der Waals surface area contributed by atoms with Gasteiger partial charge in [-0.25, -0.2) is 4.79 Å². The Morgan fingerprint density at radius 3 is 2.15 bits per heavy atom. The maximum Gasteiger partial charge on any atom is 0.490 e. The number of benzene rings is 2. The number of alkyl halides is 3. The minimum Gasteiger partial charge on any atom is -0.490 e. The van der Waals surface area contributed by atoms with E-state index in [-0.39, 0.29) is 17.8 Å². The Hall–Kier alpha value is -5.01. The van der Waals surface area contributed by atoms with Crippen LogP contribution in [-0.4, -0.2) is 46.7 Å². The number of nitrogens with zero attached hydrogens (tertiary/aromatic N) is 1. The van der Waals surface area contributed by atoms with Crippen LogP contribution in [-0.2, 0) is 9.59 Å². The lowest BCUT2D eigenvalue weighted by molar-refractivity contribution is -0.192. The van der Waals surface area contributed by atoms with Gasteiger partial charge in [-0.1, -0.05) is 6.07 Å². The molecule has 41 heavy (non-hydrogen) atoms. The summed E-state index contributed by atoms with van der Waals surface area (Å²) in [5.74, 6) is -1.92. The first-order valence-electron chi connectivity index (χ1n) is 12.2. The molecule has 7 N–H and O–H groups in total. The predicted octanol–water partition coefficient (Wildman–Crippen LogP) is 4.48. The summed E-state index contributed by atoms with van der Waals surface area (Å²) in [6.45, 7) is 6.23. The number of nitrogens with two attached hydrogens (primary N) is 1. The molecule has 0 fully saturated rings. The zero-order chi connectivity index (χ0) is 30.6. The molecule has 0 saturated carbocycles. The molecule has 11 nitrogen and oxygen atoms in total. The number of carboxylic acid groups (broad SMARTS) is 1. The number of amides is 1. The Kier molecular flexibility index (Phi) is 11.7. The molecule has 0 radical (unpaired) electrons. The van der Waals surface area contributed by atoms with Crippen LogP contribution in [0.15, 0.2) is 67.0 Å². The molecule has 1 heterocycles. The Morgan fingerprint density at radius 1 is 1.02 bits per heavy atom. The summed E-state index contributed by atoms with van der Waals surface area (Å²) in [6.07, 6.45) is -1.85. The monoisotopic (exact) mass is 576 g/mol. The Morgan fingerprint density at radius 2 is 1.63 bits per heavy atom. The number of aromatic nitrogens is 1. The highest BCUT2D eigenvalue weighted by atomic mass is 19.4. The van der Waals surface area contributed by atoms with Crippen molar-refractivity contribution >= 4 is 29.1 Å². The van der Waals surface area contributed by atoms with Crippen LogP contribution in [0.25, 0.3) is 0 Å². The molecule has 220 valence electrons. The molecule has 14 heteroatoms. The highest BCUT2D eigenvalue weighted by molar-refractivity contribution is 5.95. The smallest absolute Gasteiger partial charge is 0.490 e. The second kappa shape index (κ2) is 15.0. The van der Waals surface area contributed by atoms with E-state index in [0.717, 1.165) is 0 Å². The van der Waals surface area contributed by atoms with Gasteiger partial charge in [0, 0.05) is 23.6 Å². The fraction of sp³-hybridized carbons (Fsp3) is 0.259. The number of rotatable bonds is 11. The van der Waals surface area contributed by atoms with Crippen LogP contribution >= 0.6 is 0 Å². The lowest BCUT2D eigenvalue weighted by Gasteiger charge is -2.22. The van der Waals surface area contributed by atoms with E-state index in [0.29, 0.717) is 40.6 Å². The molecule has 1 aromatic heterocycles. The van der Waals surface area contributed by atoms with E-state index >= 15 is 0 Å². The number of nitrogen functional groups attached to an aromatic ring is 1. The molecular weight excluding hydrogens is 545 g/mol. The summed E-state index contributed by atoms with van der Waals surface area (Å²) in [5, 5.41) is 18.0. The summed E-state index contributed by atoms with van der Waals surface area (Å²) >= 11 is 0. The Balaban J connectivity index is 0.000000745. The molecule has 0 aliphatic heterocycles. The largest absolute Gasteiger partial charge is 0.490 e. The minimum atomic E-state index is -5.08. The lowest BCUT2D eigenvalue weighted by Crippen LogP contribution is -2.37. The van der Waals surface area contributed by atoms with Gasteiger partial charge in [0.1, 0.15) is 11.9 Å². The number of hydrogen-bond donors (Lipinski definition) is 6. The number of halogens is 3. The Bertz CT molecular complexity index is 1310. The molecule has 1 atom stereocenters. The van der Waals surface area contributed by atoms with Gasteiger partial charge in [0.15, 0.2) is 11.5 Å². The topological polar surface area (TPSA) is 172 Å². The highest BCUT2D eigenvalue weighted by Crippen LogP contribution is 2.33. The van der Waals surface area contributed by atoms with Crippen LogP contribution in [0.1, 0.15) is 37.9 Å². The van der Waals surface area contributed by atoms with Crippen LogP contribution in [0.2, 0.25) is 0 Å². The van der Waals surface area contributed by atoms with Gasteiger partial charge in [0.05, 0.1) is 18.4 Å². The number of carboxylic acids is 1. The molecule has 1 unspecified atom stereocenters. The van der Waals surface area contributed by atoms with E-state index in [1.54, 1.807) is 60.9 Å². The number of anilines is 2. The first kappa shape index (κ1) is 32.2. The van der Waals surface area contributed by atoms with Gasteiger partial charge in [-0.15, -0.1) is 0 Å². The van der Waals surface area contributed by atoms with Gasteiger partial charge in [-0.3, -0.25) is 26.0 Å². The summed E-state index contributed by atoms with van der Waals surface area (Å²) < 4.78 is 43.4. The number of carbonyl (C=O) groups excluding carboxylic acids is 1. The maximum absolute atomic E-state index is 13.3. The molecule has 0 saturated heterocycles. The van der Waals surface area contributed by atoms with Gasteiger partial charge >= 0.3 is 12.1 Å². The minimum absolute atomic E-state index is 0.0216. The van der Waals surface area contributed by atoms with E-state index in [2.05, 4.69) is 21.2 Å². The van der Waals surface area contributed by atoms with Crippen molar-refractivity contribution in [3.8, 4) is 11.5 Å². The van der Waals surface area contributed by atoms with Gasteiger partial charge in [-0.2, -0.15) is 13.2 Å². The normalized spacial score (nSPS) is 11.4. The van der Waals surface area contributed by atoms with E-state index in [1.165, 1.54) is 0 Å². The standard InChI is InChI=1S/C25H30N6O3.C2HF3O2/c1-4-33-22-15-18(7-10-21(22)34-16(2)3)23(25(32)31-30-20-11-13-28-14-12-20)29-19-8-5-17(6-9-19)24(26)27;3-2(4,5)1(6)7/h5-16,23,29H,4H2,1-3H3,(H3,26,27)(H,28,30)(H,31,32);(H,6,7). The van der Waals surface area contributed by atoms with Crippen molar-refractivity contribution in [3.05, 3.63) is 78.1 Å². The number of carbonyl (C=O) groups is 2. The third-order valence-electron chi connectivity index (χ3n) is 4.99. The average molecular weight is 577 g/mol. The van der Waals surface area contributed by atoms with E-state index in [9.17, 15) is 18.0 Å². The molecule has 0 aliphatic rings. The second-order valence-corrected chi connectivity index (χ2v) is 8.53. The maximum atomic E-state index is 13.3. The first-order valence-corrected chi connectivity index (χ1v) is 12.2. The molecule has 3 rings (SSSR count). The van der Waals surface area contributed by atoms with Crippen LogP contribution in [0.5, 0.6) is 11.5 Å². The number of nitrogens with one attached hydrogen (secondary N) is 4. The number of ether oxygens (including phenoxy) is 2. The van der Waals surface area contributed by atoms with Crippen molar-refractivity contribution < 1.29 is 37.3 Å². The van der Waals surface area contributed by atoms with Crippen LogP contribution in [0, 0.1) is 5.41 Å². The molecule has 0 spiro atoms. The van der Waals surface area contributed by atoms with Gasteiger partial charge < -0.3 is 25.6 Å². The predicted molar refractivity (Wildman–Crippen MR) is 147 cm³/mol. The summed E-state index contributed by atoms with van der Waals surface area (Å²) in [5.41, 5.74) is 13.9. The Labute approximate surface area is 234 Å². The third kappa shape index (κ3) is 10.6. The third-order valence-corrected chi connectivity index (χ3v) is 4.99. The molecule has 2 aromatic carbocycles. The number of pyridine rings is 1.